The first-order chi connectivity index (χ1) is 10.3. The third-order valence-electron chi connectivity index (χ3n) is 3.75. The van der Waals surface area contributed by atoms with Gasteiger partial charge < -0.3 is 10.3 Å². The minimum atomic E-state index is 0.264. The first-order valence-corrected chi connectivity index (χ1v) is 7.87. The zero-order valence-electron chi connectivity index (χ0n) is 11.4. The molecule has 2 N–H and O–H groups in total. The number of nitrogen functional groups attached to an aromatic ring is 1. The highest BCUT2D eigenvalue weighted by atomic mass is 32.2. The highest BCUT2D eigenvalue weighted by Gasteiger charge is 2.36. The molecular weight excluding hydrogens is 284 g/mol. The molecule has 7 heteroatoms. The second kappa shape index (κ2) is 4.74. The highest BCUT2D eigenvalue weighted by molar-refractivity contribution is 7.99. The van der Waals surface area contributed by atoms with E-state index in [1.807, 2.05) is 12.1 Å². The fraction of sp³-hybridized carbons (Fsp3) is 0.429. The maximum Gasteiger partial charge on any atom is 0.197 e. The number of pyridine rings is 1. The third kappa shape index (κ3) is 2.36. The predicted molar refractivity (Wildman–Crippen MR) is 77.8 cm³/mol. The van der Waals surface area contributed by atoms with Crippen LogP contribution in [0.2, 0.25) is 0 Å². The Labute approximate surface area is 126 Å². The standard InChI is InChI=1S/C14H14N6S/c15-7-11-10(16)5-6-12(17-11)21-14-19-18-13(8-1-2-8)20(14)9-3-4-9/h5-6,8-9H,1-4,16H2. The van der Waals surface area contributed by atoms with Gasteiger partial charge in [-0.25, -0.2) is 4.98 Å². The predicted octanol–water partition coefficient (Wildman–Crippen LogP) is 2.49. The Morgan fingerprint density at radius 1 is 1.24 bits per heavy atom. The van der Waals surface area contributed by atoms with Crippen molar-refractivity contribution in [2.75, 3.05) is 5.73 Å². The maximum atomic E-state index is 9.01. The zero-order valence-corrected chi connectivity index (χ0v) is 12.2. The summed E-state index contributed by atoms with van der Waals surface area (Å²) in [4.78, 5) is 4.27. The molecule has 0 aliphatic heterocycles. The van der Waals surface area contributed by atoms with E-state index in [1.54, 1.807) is 6.07 Å². The summed E-state index contributed by atoms with van der Waals surface area (Å²) in [5, 5.41) is 19.3. The molecule has 2 saturated carbocycles. The molecule has 0 spiro atoms. The fourth-order valence-electron chi connectivity index (χ4n) is 2.35. The monoisotopic (exact) mass is 298 g/mol. The first kappa shape index (κ1) is 12.7. The van der Waals surface area contributed by atoms with Gasteiger partial charge in [0.05, 0.1) is 5.69 Å². The molecule has 0 aromatic carbocycles. The van der Waals surface area contributed by atoms with Gasteiger partial charge in [0.2, 0.25) is 0 Å². The van der Waals surface area contributed by atoms with Crippen LogP contribution in [0.5, 0.6) is 0 Å². The van der Waals surface area contributed by atoms with Gasteiger partial charge in [-0.05, 0) is 49.6 Å². The van der Waals surface area contributed by atoms with Crippen LogP contribution in [0, 0.1) is 11.3 Å². The molecule has 0 bridgehead atoms. The number of nitriles is 1. The van der Waals surface area contributed by atoms with Crippen molar-refractivity contribution in [2.45, 2.75) is 47.8 Å². The second-order valence-corrected chi connectivity index (χ2v) is 6.50. The quantitative estimate of drug-likeness (QED) is 0.932. The smallest absolute Gasteiger partial charge is 0.197 e. The summed E-state index contributed by atoms with van der Waals surface area (Å²) in [5.74, 6) is 1.71. The fourth-order valence-corrected chi connectivity index (χ4v) is 3.23. The Balaban J connectivity index is 1.67. The lowest BCUT2D eigenvalue weighted by atomic mass is 10.3. The average Bonchev–Trinajstić information content (AvgIpc) is 3.40. The molecule has 2 aromatic rings. The molecule has 2 aromatic heterocycles. The number of rotatable bonds is 4. The van der Waals surface area contributed by atoms with Crippen LogP contribution >= 0.6 is 11.8 Å². The number of anilines is 1. The van der Waals surface area contributed by atoms with Crippen LogP contribution in [0.3, 0.4) is 0 Å². The van der Waals surface area contributed by atoms with Crippen molar-refractivity contribution >= 4 is 17.4 Å². The molecule has 2 aliphatic carbocycles. The van der Waals surface area contributed by atoms with E-state index in [9.17, 15) is 0 Å². The minimum Gasteiger partial charge on any atom is -0.396 e. The number of hydrogen-bond acceptors (Lipinski definition) is 6. The van der Waals surface area contributed by atoms with E-state index in [-0.39, 0.29) is 5.69 Å². The van der Waals surface area contributed by atoms with Crippen molar-refractivity contribution in [3.63, 3.8) is 0 Å². The molecule has 0 amide bonds. The Bertz CT molecular complexity index is 738. The van der Waals surface area contributed by atoms with Crippen LogP contribution in [-0.4, -0.2) is 19.7 Å². The molecule has 2 aliphatic rings. The van der Waals surface area contributed by atoms with Gasteiger partial charge in [-0.3, -0.25) is 0 Å². The first-order valence-electron chi connectivity index (χ1n) is 7.05. The Hall–Kier alpha value is -2.07. The van der Waals surface area contributed by atoms with Gasteiger partial charge >= 0.3 is 0 Å². The minimum absolute atomic E-state index is 0.264. The van der Waals surface area contributed by atoms with Gasteiger partial charge in [-0.15, -0.1) is 10.2 Å². The highest BCUT2D eigenvalue weighted by Crippen LogP contribution is 2.46. The van der Waals surface area contributed by atoms with Crippen LogP contribution in [-0.2, 0) is 0 Å². The van der Waals surface area contributed by atoms with Gasteiger partial charge in [-0.1, -0.05) is 0 Å². The van der Waals surface area contributed by atoms with E-state index in [0.29, 0.717) is 17.6 Å². The molecule has 2 heterocycles. The lowest BCUT2D eigenvalue weighted by Gasteiger charge is -2.08. The summed E-state index contributed by atoms with van der Waals surface area (Å²) in [6, 6.07) is 6.09. The number of hydrogen-bond donors (Lipinski definition) is 1. The topological polar surface area (TPSA) is 93.4 Å². The Morgan fingerprint density at radius 3 is 2.71 bits per heavy atom. The van der Waals surface area contributed by atoms with Gasteiger partial charge in [0.1, 0.15) is 16.9 Å². The lowest BCUT2D eigenvalue weighted by molar-refractivity contribution is 0.626. The van der Waals surface area contributed by atoms with Crippen molar-refractivity contribution in [1.82, 2.24) is 19.7 Å². The number of nitrogens with zero attached hydrogens (tertiary/aromatic N) is 5. The van der Waals surface area contributed by atoms with Gasteiger partial charge in [-0.2, -0.15) is 5.26 Å². The van der Waals surface area contributed by atoms with Crippen LogP contribution < -0.4 is 5.73 Å². The molecular formula is C14H14N6S. The van der Waals surface area contributed by atoms with E-state index < -0.39 is 0 Å². The van der Waals surface area contributed by atoms with E-state index in [4.69, 9.17) is 11.0 Å². The summed E-state index contributed by atoms with van der Waals surface area (Å²) in [7, 11) is 0. The molecule has 2 fully saturated rings. The molecule has 4 rings (SSSR count). The van der Waals surface area contributed by atoms with Crippen molar-refractivity contribution in [1.29, 1.82) is 5.26 Å². The van der Waals surface area contributed by atoms with Crippen LogP contribution in [0.1, 0.15) is 49.2 Å². The summed E-state index contributed by atoms with van der Waals surface area (Å²) in [6.45, 7) is 0. The van der Waals surface area contributed by atoms with Gasteiger partial charge in [0, 0.05) is 12.0 Å². The molecule has 0 radical (unpaired) electrons. The van der Waals surface area contributed by atoms with Crippen molar-refractivity contribution in [3.05, 3.63) is 23.7 Å². The van der Waals surface area contributed by atoms with Crippen molar-refractivity contribution in [3.8, 4) is 6.07 Å². The van der Waals surface area contributed by atoms with Crippen molar-refractivity contribution in [2.24, 2.45) is 0 Å². The molecule has 0 saturated heterocycles. The van der Waals surface area contributed by atoms with E-state index in [1.165, 1.54) is 37.4 Å². The summed E-state index contributed by atoms with van der Waals surface area (Å²) >= 11 is 1.46. The normalized spacial score (nSPS) is 17.7. The largest absolute Gasteiger partial charge is 0.396 e. The second-order valence-electron chi connectivity index (χ2n) is 5.52. The average molecular weight is 298 g/mol. The van der Waals surface area contributed by atoms with E-state index in [2.05, 4.69) is 19.7 Å². The Morgan fingerprint density at radius 2 is 2.05 bits per heavy atom. The number of aromatic nitrogens is 4. The van der Waals surface area contributed by atoms with E-state index in [0.717, 1.165) is 16.0 Å². The maximum absolute atomic E-state index is 9.01. The van der Waals surface area contributed by atoms with Crippen LogP contribution in [0.15, 0.2) is 22.3 Å². The summed E-state index contributed by atoms with van der Waals surface area (Å²) in [6.07, 6.45) is 4.83. The molecule has 106 valence electrons. The van der Waals surface area contributed by atoms with Gasteiger partial charge in [0.25, 0.3) is 0 Å². The lowest BCUT2D eigenvalue weighted by Crippen LogP contribution is -2.02. The van der Waals surface area contributed by atoms with Crippen molar-refractivity contribution < 1.29 is 0 Å². The Kier molecular flexibility index (Phi) is 2.86. The third-order valence-corrected chi connectivity index (χ3v) is 4.65. The zero-order chi connectivity index (χ0) is 14.4. The van der Waals surface area contributed by atoms with Crippen LogP contribution in [0.4, 0.5) is 5.69 Å². The summed E-state index contributed by atoms with van der Waals surface area (Å²) < 4.78 is 2.27. The molecule has 0 atom stereocenters. The van der Waals surface area contributed by atoms with Gasteiger partial charge in [0.15, 0.2) is 10.9 Å². The summed E-state index contributed by atoms with van der Waals surface area (Å²) in [5.41, 5.74) is 6.38. The number of nitrogens with two attached hydrogens (primary N) is 1. The SMILES string of the molecule is N#Cc1nc(Sc2nnc(C3CC3)n2C2CC2)ccc1N. The molecule has 0 unspecified atom stereocenters. The van der Waals surface area contributed by atoms with E-state index >= 15 is 0 Å². The van der Waals surface area contributed by atoms with Crippen LogP contribution in [0.25, 0.3) is 0 Å². The molecule has 6 nitrogen and oxygen atoms in total. The molecule has 21 heavy (non-hydrogen) atoms.